The van der Waals surface area contributed by atoms with Crippen molar-refractivity contribution in [2.45, 2.75) is 6.92 Å². The minimum atomic E-state index is 0.689. The molecule has 0 unspecified atom stereocenters. The van der Waals surface area contributed by atoms with Crippen molar-refractivity contribution >= 4 is 41.3 Å². The van der Waals surface area contributed by atoms with Crippen molar-refractivity contribution in [1.82, 2.24) is 9.97 Å². The Morgan fingerprint density at radius 2 is 2.11 bits per heavy atom. The molecule has 1 rings (SSSR count). The third kappa shape index (κ3) is 1.77. The first-order valence-electron chi connectivity index (χ1n) is 2.38. The van der Waals surface area contributed by atoms with Crippen LogP contribution in [0.15, 0.2) is 6.20 Å². The van der Waals surface area contributed by atoms with E-state index in [1.807, 2.05) is 6.92 Å². The molecular weight excluding hydrogens is 246 g/mol. The van der Waals surface area contributed by atoms with Gasteiger partial charge in [0.05, 0.1) is 0 Å². The predicted molar refractivity (Wildman–Crippen MR) is 37.5 cm³/mol. The van der Waals surface area contributed by atoms with Gasteiger partial charge in [-0.15, -0.1) is 0 Å². The van der Waals surface area contributed by atoms with Crippen molar-refractivity contribution in [3.8, 4) is 0 Å². The maximum atomic E-state index is 4.05. The molecule has 1 heterocycles. The van der Waals surface area contributed by atoms with E-state index in [1.54, 1.807) is 6.20 Å². The molecule has 9 heavy (non-hydrogen) atoms. The van der Waals surface area contributed by atoms with Crippen LogP contribution in [0.5, 0.6) is 0 Å². The third-order valence-corrected chi connectivity index (χ3v) is 2.18. The van der Waals surface area contributed by atoms with Crippen LogP contribution in [0.4, 0.5) is 0 Å². The molecule has 0 aliphatic carbocycles. The van der Waals surface area contributed by atoms with Crippen LogP contribution in [0.2, 0.25) is 0 Å². The maximum absolute atomic E-state index is 4.05. The standard InChI is InChI=1S/C5H4N2Se2/c1-3-2-6-5(9)7-4(3)8/h2H,1H3. The van der Waals surface area contributed by atoms with Crippen molar-refractivity contribution in [2.75, 3.05) is 0 Å². The van der Waals surface area contributed by atoms with Gasteiger partial charge in [-0.1, -0.05) is 0 Å². The summed E-state index contributed by atoms with van der Waals surface area (Å²) in [6, 6.07) is 0. The molecule has 2 nitrogen and oxygen atoms in total. The average Bonchev–Trinajstić information content (AvgIpc) is 1.80. The number of hydrogen-bond donors (Lipinski definition) is 0. The van der Waals surface area contributed by atoms with Crippen LogP contribution < -0.4 is 9.32 Å². The van der Waals surface area contributed by atoms with E-state index >= 15 is 0 Å². The van der Waals surface area contributed by atoms with Gasteiger partial charge in [-0.2, -0.15) is 0 Å². The SMILES string of the molecule is Cc1cnc([Se])nc1[Se]. The van der Waals surface area contributed by atoms with Crippen LogP contribution in [-0.2, 0) is 0 Å². The average molecular weight is 250 g/mol. The van der Waals surface area contributed by atoms with Crippen LogP contribution in [0, 0.1) is 6.92 Å². The molecule has 0 aromatic carbocycles. The van der Waals surface area contributed by atoms with Gasteiger partial charge in [0.2, 0.25) is 0 Å². The summed E-state index contributed by atoms with van der Waals surface area (Å²) in [5.74, 6) is 0. The summed E-state index contributed by atoms with van der Waals surface area (Å²) in [5, 5.41) is 0. The van der Waals surface area contributed by atoms with Crippen LogP contribution in [0.1, 0.15) is 5.56 Å². The summed E-state index contributed by atoms with van der Waals surface area (Å²) in [6.07, 6.45) is 1.78. The van der Waals surface area contributed by atoms with E-state index in [0.29, 0.717) is 4.72 Å². The number of nitrogens with zero attached hydrogens (tertiary/aromatic N) is 2. The normalized spacial score (nSPS) is 9.44. The zero-order chi connectivity index (χ0) is 6.85. The Labute approximate surface area is 70.1 Å². The zero-order valence-corrected chi connectivity index (χ0v) is 8.21. The fourth-order valence-corrected chi connectivity index (χ4v) is 1.30. The van der Waals surface area contributed by atoms with Crippen LogP contribution in [-0.4, -0.2) is 42.0 Å². The molecule has 0 spiro atoms. The molecule has 0 fully saturated rings. The first-order chi connectivity index (χ1) is 4.20. The van der Waals surface area contributed by atoms with Crippen LogP contribution in [0.3, 0.4) is 0 Å². The summed E-state index contributed by atoms with van der Waals surface area (Å²) in [4.78, 5) is 8.00. The first kappa shape index (κ1) is 7.23. The summed E-state index contributed by atoms with van der Waals surface area (Å²) < 4.78 is 1.60. The number of rotatable bonds is 0. The molecule has 0 amide bonds. The van der Waals surface area contributed by atoms with Gasteiger partial charge in [-0.05, 0) is 0 Å². The molecule has 1 aromatic rings. The Morgan fingerprint density at radius 3 is 2.56 bits per heavy atom. The molecule has 0 saturated carbocycles. The molecule has 0 saturated heterocycles. The van der Waals surface area contributed by atoms with Crippen molar-refractivity contribution in [3.63, 3.8) is 0 Å². The molecule has 4 heteroatoms. The van der Waals surface area contributed by atoms with E-state index in [4.69, 9.17) is 0 Å². The van der Waals surface area contributed by atoms with Gasteiger partial charge < -0.3 is 0 Å². The summed E-state index contributed by atoms with van der Waals surface area (Å²) in [6.45, 7) is 1.96. The van der Waals surface area contributed by atoms with Crippen LogP contribution in [0.25, 0.3) is 0 Å². The van der Waals surface area contributed by atoms with E-state index in [-0.39, 0.29) is 0 Å². The summed E-state index contributed by atoms with van der Waals surface area (Å²) in [5.41, 5.74) is 1.08. The predicted octanol–water partition coefficient (Wildman–Crippen LogP) is -1.63. The van der Waals surface area contributed by atoms with Gasteiger partial charge in [0.1, 0.15) is 0 Å². The van der Waals surface area contributed by atoms with E-state index in [0.717, 1.165) is 10.2 Å². The van der Waals surface area contributed by atoms with Gasteiger partial charge in [0.15, 0.2) is 0 Å². The summed E-state index contributed by atoms with van der Waals surface area (Å²) in [7, 11) is 0. The molecule has 0 aliphatic rings. The second-order valence-electron chi connectivity index (χ2n) is 1.64. The van der Waals surface area contributed by atoms with Crippen molar-refractivity contribution in [3.05, 3.63) is 11.8 Å². The van der Waals surface area contributed by atoms with Gasteiger partial charge in [0.25, 0.3) is 0 Å². The third-order valence-electron chi connectivity index (χ3n) is 0.903. The topological polar surface area (TPSA) is 25.8 Å². The van der Waals surface area contributed by atoms with Crippen molar-refractivity contribution in [2.24, 2.45) is 0 Å². The molecule has 1 aromatic heterocycles. The van der Waals surface area contributed by atoms with Crippen LogP contribution >= 0.6 is 0 Å². The first-order valence-corrected chi connectivity index (χ1v) is 4.09. The molecule has 2 radical (unpaired) electrons. The van der Waals surface area contributed by atoms with Crippen molar-refractivity contribution in [1.29, 1.82) is 0 Å². The molecule has 0 aliphatic heterocycles. The van der Waals surface area contributed by atoms with Gasteiger partial charge in [0, 0.05) is 0 Å². The van der Waals surface area contributed by atoms with Gasteiger partial charge in [-0.3, -0.25) is 0 Å². The minimum absolute atomic E-state index is 0.689. The molecule has 0 atom stereocenters. The number of hydrogen-bond acceptors (Lipinski definition) is 2. The fraction of sp³-hybridized carbons (Fsp3) is 0.200. The number of aryl methyl sites for hydroxylation is 1. The van der Waals surface area contributed by atoms with E-state index in [1.165, 1.54) is 0 Å². The quantitative estimate of drug-likeness (QED) is 0.517. The Bertz CT molecular complexity index is 224. The second-order valence-corrected chi connectivity index (χ2v) is 3.22. The Balaban J connectivity index is 3.17. The molecule has 0 N–H and O–H groups in total. The Morgan fingerprint density at radius 1 is 1.44 bits per heavy atom. The van der Waals surface area contributed by atoms with E-state index in [9.17, 15) is 0 Å². The van der Waals surface area contributed by atoms with E-state index in [2.05, 4.69) is 42.0 Å². The van der Waals surface area contributed by atoms with E-state index < -0.39 is 0 Å². The van der Waals surface area contributed by atoms with Gasteiger partial charge >= 0.3 is 70.0 Å². The molecular formula is C5H4N2Se2. The van der Waals surface area contributed by atoms with Gasteiger partial charge in [-0.25, -0.2) is 0 Å². The fourth-order valence-electron chi connectivity index (χ4n) is 0.411. The second kappa shape index (κ2) is 2.80. The Kier molecular flexibility index (Phi) is 2.25. The van der Waals surface area contributed by atoms with Crippen molar-refractivity contribution < 1.29 is 0 Å². The Hall–Kier alpha value is 0.119. The molecule has 0 bridgehead atoms. The zero-order valence-electron chi connectivity index (χ0n) is 4.79. The summed E-state index contributed by atoms with van der Waals surface area (Å²) >= 11 is 5.57. The molecule has 46 valence electrons. The monoisotopic (exact) mass is 252 g/mol. The number of aromatic nitrogens is 2.